The first-order chi connectivity index (χ1) is 19.9. The lowest BCUT2D eigenvalue weighted by Gasteiger charge is -2.24. The molecule has 4 aromatic rings. The first-order valence-corrected chi connectivity index (χ1v) is 12.5. The van der Waals surface area contributed by atoms with Crippen LogP contribution >= 0.6 is 11.6 Å². The highest BCUT2D eigenvalue weighted by atomic mass is 35.5. The van der Waals surface area contributed by atoms with Crippen molar-refractivity contribution in [3.05, 3.63) is 70.6 Å². The van der Waals surface area contributed by atoms with Gasteiger partial charge in [-0.1, -0.05) is 23.7 Å². The van der Waals surface area contributed by atoms with Gasteiger partial charge in [0.05, 0.1) is 24.5 Å². The maximum Gasteiger partial charge on any atom is 0.471 e. The molecule has 1 aromatic carbocycles. The van der Waals surface area contributed by atoms with Gasteiger partial charge < -0.3 is 20.9 Å². The summed E-state index contributed by atoms with van der Waals surface area (Å²) in [5, 5.41) is 17.5. The maximum absolute atomic E-state index is 13.6. The second-order valence-corrected chi connectivity index (χ2v) is 9.26. The number of imide groups is 1. The zero-order valence-electron chi connectivity index (χ0n) is 22.0. The van der Waals surface area contributed by atoms with Crippen molar-refractivity contribution < 1.29 is 37.4 Å². The van der Waals surface area contributed by atoms with E-state index in [4.69, 9.17) is 22.1 Å². The fraction of sp³-hybridized carbons (Fsp3) is 0.231. The molecule has 12 nitrogen and oxygen atoms in total. The Labute approximate surface area is 240 Å². The molecule has 3 aromatic heterocycles. The first-order valence-electron chi connectivity index (χ1n) is 12.1. The summed E-state index contributed by atoms with van der Waals surface area (Å²) in [5.41, 5.74) is 6.33. The summed E-state index contributed by atoms with van der Waals surface area (Å²) in [6.07, 6.45) is -4.78. The van der Waals surface area contributed by atoms with E-state index in [-0.39, 0.29) is 38.9 Å². The number of benzene rings is 1. The van der Waals surface area contributed by atoms with Crippen molar-refractivity contribution in [3.8, 4) is 17.1 Å². The van der Waals surface area contributed by atoms with Crippen molar-refractivity contribution in [1.82, 2.24) is 29.8 Å². The smallest absolute Gasteiger partial charge is 0.471 e. The number of halogens is 4. The van der Waals surface area contributed by atoms with E-state index in [2.05, 4.69) is 20.4 Å². The highest BCUT2D eigenvalue weighted by molar-refractivity contribution is 6.30. The Morgan fingerprint density at radius 2 is 1.86 bits per heavy atom. The Bertz CT molecular complexity index is 1660. The lowest BCUT2D eigenvalue weighted by molar-refractivity contribution is -0.182. The molecule has 0 saturated carbocycles. The Balaban J connectivity index is 1.77. The van der Waals surface area contributed by atoms with Crippen LogP contribution in [-0.2, 0) is 4.79 Å². The number of alkyl halides is 3. The number of anilines is 1. The number of nitrogen functional groups attached to an aromatic ring is 1. The predicted molar refractivity (Wildman–Crippen MR) is 144 cm³/mol. The van der Waals surface area contributed by atoms with Gasteiger partial charge in [0.1, 0.15) is 17.4 Å². The highest BCUT2D eigenvalue weighted by Gasteiger charge is 2.45. The normalized spacial score (nSPS) is 12.2. The summed E-state index contributed by atoms with van der Waals surface area (Å²) in [5.74, 6) is -4.76. The molecule has 0 radical (unpaired) electrons. The molecule has 0 unspecified atom stereocenters. The molecule has 0 saturated heterocycles. The topological polar surface area (TPSA) is 165 Å². The number of fused-ring (bicyclic) bond motifs is 1. The van der Waals surface area contributed by atoms with Crippen LogP contribution in [-0.4, -0.2) is 74.2 Å². The van der Waals surface area contributed by atoms with Gasteiger partial charge in [0.2, 0.25) is 5.88 Å². The second-order valence-electron chi connectivity index (χ2n) is 8.82. The van der Waals surface area contributed by atoms with Gasteiger partial charge in [0.25, 0.3) is 11.8 Å². The van der Waals surface area contributed by atoms with Crippen molar-refractivity contribution >= 4 is 40.7 Å². The van der Waals surface area contributed by atoms with Gasteiger partial charge in [-0.05, 0) is 36.2 Å². The summed E-state index contributed by atoms with van der Waals surface area (Å²) in [6.45, 7) is -0.799. The van der Waals surface area contributed by atoms with E-state index in [9.17, 15) is 32.7 Å². The third kappa shape index (κ3) is 5.96. The van der Waals surface area contributed by atoms with E-state index in [1.54, 1.807) is 0 Å². The Hall–Kier alpha value is -4.76. The molecule has 42 heavy (non-hydrogen) atoms. The molecule has 0 bridgehead atoms. The van der Waals surface area contributed by atoms with E-state index in [0.29, 0.717) is 10.6 Å². The van der Waals surface area contributed by atoms with Crippen molar-refractivity contribution in [3.63, 3.8) is 0 Å². The summed E-state index contributed by atoms with van der Waals surface area (Å²) < 4.78 is 47.1. The Morgan fingerprint density at radius 1 is 1.17 bits per heavy atom. The molecular formula is C26H23ClF3N7O5. The Morgan fingerprint density at radius 3 is 2.48 bits per heavy atom. The highest BCUT2D eigenvalue weighted by Crippen LogP contribution is 2.31. The maximum atomic E-state index is 13.6. The summed E-state index contributed by atoms with van der Waals surface area (Å²) in [4.78, 5) is 46.3. The molecule has 16 heteroatoms. The fourth-order valence-corrected chi connectivity index (χ4v) is 4.31. The van der Waals surface area contributed by atoms with E-state index < -0.39 is 48.5 Å². The van der Waals surface area contributed by atoms with Crippen LogP contribution in [0.15, 0.2) is 48.9 Å². The summed E-state index contributed by atoms with van der Waals surface area (Å²) >= 11 is 5.84. The van der Waals surface area contributed by atoms with Crippen LogP contribution in [0.1, 0.15) is 38.8 Å². The zero-order valence-corrected chi connectivity index (χ0v) is 22.8. The first kappa shape index (κ1) is 30.2. The number of carbonyl (C=O) groups excluding carboxylic acids is 3. The molecule has 3 heterocycles. The van der Waals surface area contributed by atoms with Crippen LogP contribution < -0.4 is 15.8 Å². The number of pyridine rings is 1. The van der Waals surface area contributed by atoms with E-state index >= 15 is 0 Å². The number of hydrogen-bond acceptors (Lipinski definition) is 9. The number of methoxy groups -OCH3 is 1. The number of aliphatic hydroxyl groups is 1. The predicted octanol–water partition coefficient (Wildman–Crippen LogP) is 3.05. The molecule has 3 amide bonds. The number of nitrogens with two attached hydrogens (primary N) is 1. The van der Waals surface area contributed by atoms with Crippen LogP contribution in [0.5, 0.6) is 5.88 Å². The van der Waals surface area contributed by atoms with Gasteiger partial charge in [0, 0.05) is 30.4 Å². The van der Waals surface area contributed by atoms with Gasteiger partial charge in [-0.2, -0.15) is 18.3 Å². The number of hydrogen-bond donors (Lipinski definition) is 3. The quantitative estimate of drug-likeness (QED) is 0.274. The second kappa shape index (κ2) is 12.0. The van der Waals surface area contributed by atoms with Crippen LogP contribution in [0.2, 0.25) is 5.02 Å². The minimum atomic E-state index is -5.41. The number of carbonyl (C=O) groups is 3. The van der Waals surface area contributed by atoms with Gasteiger partial charge in [0.15, 0.2) is 5.82 Å². The minimum Gasteiger partial charge on any atom is -0.480 e. The lowest BCUT2D eigenvalue weighted by Crippen LogP contribution is -2.45. The van der Waals surface area contributed by atoms with E-state index in [1.165, 1.54) is 48.1 Å². The molecule has 0 aliphatic heterocycles. The summed E-state index contributed by atoms with van der Waals surface area (Å²) in [6, 6.07) is 8.42. The molecule has 0 aliphatic rings. The number of nitrogens with zero attached hydrogens (tertiary/aromatic N) is 5. The molecule has 1 atom stereocenters. The third-order valence-corrected chi connectivity index (χ3v) is 6.49. The fourth-order valence-electron chi connectivity index (χ4n) is 4.19. The SMILES string of the molecule is CNC(=O)c1cc(-c2cnc(OC)c(C(=O)N(CC[C@H](O)c3ccc(Cl)cc3)C(=O)C(F)(F)F)c2)n2ncnc(N)c12. The molecule has 220 valence electrons. The number of rotatable bonds is 8. The average molecular weight is 606 g/mol. The van der Waals surface area contributed by atoms with Gasteiger partial charge in [-0.25, -0.2) is 14.5 Å². The van der Waals surface area contributed by atoms with Gasteiger partial charge in [-0.15, -0.1) is 0 Å². The summed E-state index contributed by atoms with van der Waals surface area (Å²) in [7, 11) is 2.54. The largest absolute Gasteiger partial charge is 0.480 e. The zero-order chi connectivity index (χ0) is 30.8. The Kier molecular flexibility index (Phi) is 8.63. The average Bonchev–Trinajstić information content (AvgIpc) is 3.37. The van der Waals surface area contributed by atoms with E-state index in [0.717, 1.165) is 19.5 Å². The minimum absolute atomic E-state index is 0.0329. The molecule has 4 rings (SSSR count). The lowest BCUT2D eigenvalue weighted by atomic mass is 10.1. The van der Waals surface area contributed by atoms with Crippen molar-refractivity contribution in [2.24, 2.45) is 0 Å². The molecule has 4 N–H and O–H groups in total. The van der Waals surface area contributed by atoms with Crippen LogP contribution in [0, 0.1) is 0 Å². The standard InChI is InChI=1S/C26H23ClF3N7O5/c1-32-22(39)16-10-18(37-20(16)21(31)34-12-35-37)14-9-17(23(42-2)33-11-14)24(40)36(25(41)26(28,29)30)8-7-19(38)13-3-5-15(27)6-4-13/h3-6,9-12,19,38H,7-8H2,1-2H3,(H,32,39)(H2,31,34,35)/t19-/m0/s1. The van der Waals surface area contributed by atoms with Gasteiger partial charge >= 0.3 is 12.1 Å². The monoisotopic (exact) mass is 605 g/mol. The number of aromatic nitrogens is 4. The van der Waals surface area contributed by atoms with Crippen LogP contribution in [0.4, 0.5) is 19.0 Å². The molecular weight excluding hydrogens is 583 g/mol. The van der Waals surface area contributed by atoms with Crippen LogP contribution in [0.25, 0.3) is 16.8 Å². The number of ether oxygens (including phenoxy) is 1. The molecule has 0 spiro atoms. The number of amides is 3. The number of aliphatic hydroxyl groups excluding tert-OH is 1. The molecule has 0 fully saturated rings. The van der Waals surface area contributed by atoms with E-state index in [1.807, 2.05) is 0 Å². The van der Waals surface area contributed by atoms with Crippen LogP contribution in [0.3, 0.4) is 0 Å². The van der Waals surface area contributed by atoms with Crippen molar-refractivity contribution in [2.75, 3.05) is 26.4 Å². The molecule has 0 aliphatic carbocycles. The van der Waals surface area contributed by atoms with Crippen molar-refractivity contribution in [1.29, 1.82) is 0 Å². The van der Waals surface area contributed by atoms with Gasteiger partial charge in [-0.3, -0.25) is 19.3 Å². The van der Waals surface area contributed by atoms with Crippen molar-refractivity contribution in [2.45, 2.75) is 18.7 Å². The number of nitrogens with one attached hydrogen (secondary N) is 1. The third-order valence-electron chi connectivity index (χ3n) is 6.24.